The van der Waals surface area contributed by atoms with E-state index in [4.69, 9.17) is 16.3 Å². The summed E-state index contributed by atoms with van der Waals surface area (Å²) in [7, 11) is -3.75. The van der Waals surface area contributed by atoms with Gasteiger partial charge in [0.15, 0.2) is 0 Å². The number of nitrogens with zero attached hydrogens (tertiary/aromatic N) is 1. The predicted molar refractivity (Wildman–Crippen MR) is 82.4 cm³/mol. The molecule has 0 aliphatic rings. The largest absolute Gasteiger partial charge is 0.478 e. The lowest BCUT2D eigenvalue weighted by Crippen LogP contribution is -2.15. The van der Waals surface area contributed by atoms with Crippen molar-refractivity contribution in [1.29, 1.82) is 0 Å². The van der Waals surface area contributed by atoms with Crippen molar-refractivity contribution >= 4 is 27.4 Å². The van der Waals surface area contributed by atoms with Crippen LogP contribution in [0.2, 0.25) is 5.02 Å². The SMILES string of the molecule is CCOc1cccc(NS(=O)(=O)c2cccc(Cl)c2C)n1. The summed E-state index contributed by atoms with van der Waals surface area (Å²) in [4.78, 5) is 4.20. The molecule has 0 aliphatic heterocycles. The molecule has 0 spiro atoms. The molecule has 0 atom stereocenters. The van der Waals surface area contributed by atoms with Gasteiger partial charge in [-0.25, -0.2) is 8.42 Å². The van der Waals surface area contributed by atoms with Crippen LogP contribution in [-0.4, -0.2) is 20.0 Å². The van der Waals surface area contributed by atoms with Gasteiger partial charge in [0.05, 0.1) is 11.5 Å². The Balaban J connectivity index is 2.33. The summed E-state index contributed by atoms with van der Waals surface area (Å²) in [6.45, 7) is 3.94. The number of halogens is 1. The Morgan fingerprint density at radius 2 is 1.95 bits per heavy atom. The minimum atomic E-state index is -3.75. The highest BCUT2D eigenvalue weighted by Crippen LogP contribution is 2.24. The highest BCUT2D eigenvalue weighted by Gasteiger charge is 2.18. The number of aromatic nitrogens is 1. The Labute approximate surface area is 129 Å². The second-order valence-corrected chi connectivity index (χ2v) is 6.32. The van der Waals surface area contributed by atoms with E-state index in [1.54, 1.807) is 37.3 Å². The first kappa shape index (κ1) is 15.6. The summed E-state index contributed by atoms with van der Waals surface area (Å²) in [6.07, 6.45) is 0. The fraction of sp³-hybridized carbons (Fsp3) is 0.214. The standard InChI is InChI=1S/C14H15ClN2O3S/c1-3-20-14-9-5-8-13(16-14)17-21(18,19)12-7-4-6-11(15)10(12)2/h4-9H,3H2,1-2H3,(H,16,17). The minimum Gasteiger partial charge on any atom is -0.478 e. The maximum absolute atomic E-state index is 12.4. The van der Waals surface area contributed by atoms with Crippen LogP contribution in [0, 0.1) is 6.92 Å². The highest BCUT2D eigenvalue weighted by atomic mass is 35.5. The zero-order valence-corrected chi connectivity index (χ0v) is 13.2. The molecule has 1 aromatic heterocycles. The quantitative estimate of drug-likeness (QED) is 0.915. The van der Waals surface area contributed by atoms with Crippen LogP contribution >= 0.6 is 11.6 Å². The number of sulfonamides is 1. The number of rotatable bonds is 5. The fourth-order valence-electron chi connectivity index (χ4n) is 1.77. The van der Waals surface area contributed by atoms with Gasteiger partial charge in [0.1, 0.15) is 5.82 Å². The first-order valence-electron chi connectivity index (χ1n) is 6.32. The van der Waals surface area contributed by atoms with Crippen LogP contribution < -0.4 is 9.46 Å². The molecule has 0 aliphatic carbocycles. The fourth-order valence-corrected chi connectivity index (χ4v) is 3.27. The third-order valence-electron chi connectivity index (χ3n) is 2.76. The molecular formula is C14H15ClN2O3S. The van der Waals surface area contributed by atoms with Crippen LogP contribution in [-0.2, 0) is 10.0 Å². The first-order chi connectivity index (χ1) is 9.94. The first-order valence-corrected chi connectivity index (χ1v) is 8.18. The third kappa shape index (κ3) is 3.65. The summed E-state index contributed by atoms with van der Waals surface area (Å²) in [5, 5.41) is 0.397. The topological polar surface area (TPSA) is 68.3 Å². The van der Waals surface area contributed by atoms with Crippen LogP contribution in [0.15, 0.2) is 41.3 Å². The molecule has 2 aromatic rings. The monoisotopic (exact) mass is 326 g/mol. The van der Waals surface area contributed by atoms with E-state index in [1.807, 2.05) is 6.92 Å². The maximum atomic E-state index is 12.4. The summed E-state index contributed by atoms with van der Waals surface area (Å²) in [6, 6.07) is 9.61. The molecule has 0 amide bonds. The van der Waals surface area contributed by atoms with Gasteiger partial charge < -0.3 is 4.74 Å². The van der Waals surface area contributed by atoms with E-state index < -0.39 is 10.0 Å². The molecule has 5 nitrogen and oxygen atoms in total. The number of pyridine rings is 1. The van der Waals surface area contributed by atoms with E-state index in [1.165, 1.54) is 6.07 Å². The Hall–Kier alpha value is -1.79. The molecule has 0 bridgehead atoms. The van der Waals surface area contributed by atoms with Gasteiger partial charge in [-0.15, -0.1) is 0 Å². The number of anilines is 1. The third-order valence-corrected chi connectivity index (χ3v) is 4.67. The highest BCUT2D eigenvalue weighted by molar-refractivity contribution is 7.92. The van der Waals surface area contributed by atoms with E-state index in [2.05, 4.69) is 9.71 Å². The summed E-state index contributed by atoms with van der Waals surface area (Å²) >= 11 is 5.96. The van der Waals surface area contributed by atoms with Crippen molar-refractivity contribution in [3.8, 4) is 5.88 Å². The second-order valence-electron chi connectivity index (χ2n) is 4.26. The van der Waals surface area contributed by atoms with Gasteiger partial charge in [0, 0.05) is 11.1 Å². The normalized spacial score (nSPS) is 11.2. The van der Waals surface area contributed by atoms with E-state index >= 15 is 0 Å². The number of hydrogen-bond acceptors (Lipinski definition) is 4. The van der Waals surface area contributed by atoms with E-state index in [0.29, 0.717) is 23.1 Å². The molecule has 0 unspecified atom stereocenters. The van der Waals surface area contributed by atoms with Crippen LogP contribution in [0.4, 0.5) is 5.82 Å². The van der Waals surface area contributed by atoms with Crippen LogP contribution in [0.5, 0.6) is 5.88 Å². The van der Waals surface area contributed by atoms with Crippen molar-refractivity contribution in [2.75, 3.05) is 11.3 Å². The van der Waals surface area contributed by atoms with Crippen molar-refractivity contribution in [1.82, 2.24) is 4.98 Å². The zero-order valence-electron chi connectivity index (χ0n) is 11.6. The van der Waals surface area contributed by atoms with Crippen molar-refractivity contribution in [3.63, 3.8) is 0 Å². The number of ether oxygens (including phenoxy) is 1. The zero-order chi connectivity index (χ0) is 15.5. The number of nitrogens with one attached hydrogen (secondary N) is 1. The molecule has 1 N–H and O–H groups in total. The summed E-state index contributed by atoms with van der Waals surface area (Å²) in [5.41, 5.74) is 0.493. The van der Waals surface area contributed by atoms with E-state index in [-0.39, 0.29) is 10.7 Å². The lowest BCUT2D eigenvalue weighted by Gasteiger charge is -2.11. The molecule has 0 saturated carbocycles. The average Bonchev–Trinajstić information content (AvgIpc) is 2.42. The van der Waals surface area contributed by atoms with Crippen molar-refractivity contribution in [2.45, 2.75) is 18.7 Å². The molecule has 7 heteroatoms. The van der Waals surface area contributed by atoms with Crippen molar-refractivity contribution in [3.05, 3.63) is 47.0 Å². The lowest BCUT2D eigenvalue weighted by molar-refractivity contribution is 0.327. The number of hydrogen-bond donors (Lipinski definition) is 1. The van der Waals surface area contributed by atoms with Gasteiger partial charge in [-0.2, -0.15) is 4.98 Å². The second kappa shape index (κ2) is 6.32. The molecule has 112 valence electrons. The lowest BCUT2D eigenvalue weighted by atomic mass is 10.2. The summed E-state index contributed by atoms with van der Waals surface area (Å²) < 4.78 is 32.5. The van der Waals surface area contributed by atoms with Crippen molar-refractivity contribution in [2.24, 2.45) is 0 Å². The molecule has 1 aromatic carbocycles. The summed E-state index contributed by atoms with van der Waals surface area (Å²) in [5.74, 6) is 0.556. The maximum Gasteiger partial charge on any atom is 0.263 e. The Bertz CT molecular complexity index is 748. The van der Waals surface area contributed by atoms with Gasteiger partial charge in [-0.1, -0.05) is 23.7 Å². The average molecular weight is 327 g/mol. The minimum absolute atomic E-state index is 0.124. The van der Waals surface area contributed by atoms with Crippen molar-refractivity contribution < 1.29 is 13.2 Å². The van der Waals surface area contributed by atoms with Gasteiger partial charge in [-0.3, -0.25) is 4.72 Å². The van der Waals surface area contributed by atoms with Gasteiger partial charge in [0.2, 0.25) is 5.88 Å². The molecule has 1 heterocycles. The smallest absolute Gasteiger partial charge is 0.263 e. The Morgan fingerprint density at radius 3 is 2.67 bits per heavy atom. The van der Waals surface area contributed by atoms with Crippen LogP contribution in [0.3, 0.4) is 0 Å². The van der Waals surface area contributed by atoms with Gasteiger partial charge in [-0.05, 0) is 37.6 Å². The Morgan fingerprint density at radius 1 is 1.24 bits per heavy atom. The van der Waals surface area contributed by atoms with Gasteiger partial charge >= 0.3 is 0 Å². The Kier molecular flexibility index (Phi) is 4.69. The number of benzene rings is 1. The molecule has 2 rings (SSSR count). The van der Waals surface area contributed by atoms with Gasteiger partial charge in [0.25, 0.3) is 10.0 Å². The van der Waals surface area contributed by atoms with Crippen LogP contribution in [0.25, 0.3) is 0 Å². The van der Waals surface area contributed by atoms with E-state index in [0.717, 1.165) is 0 Å². The molecular weight excluding hydrogens is 312 g/mol. The molecule has 21 heavy (non-hydrogen) atoms. The van der Waals surface area contributed by atoms with E-state index in [9.17, 15) is 8.42 Å². The molecule has 0 saturated heterocycles. The predicted octanol–water partition coefficient (Wildman–Crippen LogP) is 3.24. The molecule has 0 radical (unpaired) electrons. The van der Waals surface area contributed by atoms with Crippen LogP contribution in [0.1, 0.15) is 12.5 Å². The molecule has 0 fully saturated rings.